The van der Waals surface area contributed by atoms with Gasteiger partial charge in [-0.25, -0.2) is 4.39 Å². The molecule has 4 heteroatoms. The molecule has 0 bridgehead atoms. The van der Waals surface area contributed by atoms with Crippen molar-refractivity contribution in [1.29, 1.82) is 0 Å². The molecule has 2 heterocycles. The van der Waals surface area contributed by atoms with Crippen molar-refractivity contribution >= 4 is 5.91 Å². The summed E-state index contributed by atoms with van der Waals surface area (Å²) in [6.45, 7) is 1.88. The Balaban J connectivity index is 1.62. The number of halogens is 1. The van der Waals surface area contributed by atoms with Crippen LogP contribution in [0.15, 0.2) is 24.3 Å². The first-order chi connectivity index (χ1) is 11.6. The molecule has 3 fully saturated rings. The lowest BCUT2D eigenvalue weighted by Crippen LogP contribution is -2.51. The Morgan fingerprint density at radius 3 is 2.50 bits per heavy atom. The highest BCUT2D eigenvalue weighted by Crippen LogP contribution is 2.41. The third-order valence-electron chi connectivity index (χ3n) is 6.41. The third kappa shape index (κ3) is 2.75. The number of hydrogen-bond donors (Lipinski definition) is 0. The highest BCUT2D eigenvalue weighted by atomic mass is 19.1. The second-order valence-corrected chi connectivity index (χ2v) is 7.81. The first kappa shape index (κ1) is 16.1. The van der Waals surface area contributed by atoms with Crippen molar-refractivity contribution in [1.82, 2.24) is 9.80 Å². The number of carbonyl (C=O) groups is 1. The van der Waals surface area contributed by atoms with Crippen LogP contribution in [0.1, 0.15) is 50.0 Å². The first-order valence-corrected chi connectivity index (χ1v) is 9.41. The Labute approximate surface area is 143 Å². The quantitative estimate of drug-likeness (QED) is 0.830. The minimum atomic E-state index is -0.191. The molecule has 3 nitrogen and oxygen atoms in total. The number of rotatable bonds is 2. The monoisotopic (exact) mass is 330 g/mol. The zero-order valence-electron chi connectivity index (χ0n) is 14.5. The normalized spacial score (nSPS) is 31.4. The Hall–Kier alpha value is -1.42. The second-order valence-electron chi connectivity index (χ2n) is 7.81. The number of benzene rings is 1. The van der Waals surface area contributed by atoms with Crippen LogP contribution in [0.4, 0.5) is 4.39 Å². The van der Waals surface area contributed by atoms with Gasteiger partial charge in [0, 0.05) is 30.5 Å². The van der Waals surface area contributed by atoms with Crippen LogP contribution in [0.5, 0.6) is 0 Å². The van der Waals surface area contributed by atoms with E-state index in [2.05, 4.69) is 16.8 Å². The van der Waals surface area contributed by atoms with Crippen molar-refractivity contribution in [2.75, 3.05) is 20.1 Å². The van der Waals surface area contributed by atoms with Gasteiger partial charge in [-0.05, 0) is 57.0 Å². The van der Waals surface area contributed by atoms with E-state index in [1.807, 2.05) is 12.1 Å². The average Bonchev–Trinajstić information content (AvgIpc) is 3.24. The predicted molar refractivity (Wildman–Crippen MR) is 92.3 cm³/mol. The molecule has 1 saturated carbocycles. The molecule has 2 saturated heterocycles. The van der Waals surface area contributed by atoms with Gasteiger partial charge in [-0.15, -0.1) is 0 Å². The Morgan fingerprint density at radius 1 is 1.08 bits per heavy atom. The summed E-state index contributed by atoms with van der Waals surface area (Å²) in [6.07, 6.45) is 6.76. The van der Waals surface area contributed by atoms with E-state index in [0.29, 0.717) is 23.9 Å². The van der Waals surface area contributed by atoms with E-state index in [-0.39, 0.29) is 11.7 Å². The number of piperidine rings is 1. The number of carbonyl (C=O) groups excluding carboxylic acids is 1. The highest BCUT2D eigenvalue weighted by molar-refractivity contribution is 5.80. The topological polar surface area (TPSA) is 23.6 Å². The van der Waals surface area contributed by atoms with E-state index in [0.717, 1.165) is 38.8 Å². The fraction of sp³-hybridized carbons (Fsp3) is 0.650. The van der Waals surface area contributed by atoms with E-state index >= 15 is 0 Å². The molecule has 130 valence electrons. The van der Waals surface area contributed by atoms with Crippen molar-refractivity contribution in [2.24, 2.45) is 5.92 Å². The van der Waals surface area contributed by atoms with Crippen molar-refractivity contribution in [2.45, 2.75) is 56.5 Å². The third-order valence-corrected chi connectivity index (χ3v) is 6.41. The largest absolute Gasteiger partial charge is 0.337 e. The molecule has 1 aromatic rings. The maximum absolute atomic E-state index is 13.3. The van der Waals surface area contributed by atoms with Gasteiger partial charge in [-0.2, -0.15) is 0 Å². The lowest BCUT2D eigenvalue weighted by atomic mass is 9.86. The van der Waals surface area contributed by atoms with Gasteiger partial charge in [0.2, 0.25) is 5.91 Å². The molecule has 3 aliphatic rings. The number of likely N-dealkylation sites (N-methyl/N-ethyl adjacent to an activating group) is 1. The van der Waals surface area contributed by atoms with Gasteiger partial charge in [0.25, 0.3) is 0 Å². The van der Waals surface area contributed by atoms with Crippen LogP contribution < -0.4 is 0 Å². The standard InChI is InChI=1S/C20H27FN2O/c1-22-12-4-7-18-19(22)17(14-8-10-16(21)11-9-14)13-23(18)20(24)15-5-2-3-6-15/h8-11,15,17-19H,2-7,12-13H2,1H3/t17-,18-,19-/m1/s1. The number of likely N-dealkylation sites (tertiary alicyclic amines) is 2. The summed E-state index contributed by atoms with van der Waals surface area (Å²) >= 11 is 0. The average molecular weight is 330 g/mol. The summed E-state index contributed by atoms with van der Waals surface area (Å²) in [4.78, 5) is 17.7. The summed E-state index contributed by atoms with van der Waals surface area (Å²) in [6, 6.07) is 7.61. The predicted octanol–water partition coefficient (Wildman–Crippen LogP) is 3.40. The number of fused-ring (bicyclic) bond motifs is 1. The molecule has 1 amide bonds. The molecular formula is C20H27FN2O. The van der Waals surface area contributed by atoms with Crippen LogP contribution >= 0.6 is 0 Å². The lowest BCUT2D eigenvalue weighted by molar-refractivity contribution is -0.137. The molecule has 0 aromatic heterocycles. The summed E-state index contributed by atoms with van der Waals surface area (Å²) in [5, 5.41) is 0. The molecule has 3 atom stereocenters. The SMILES string of the molecule is CN1CCC[C@@H]2[C@H]1[C@@H](c1ccc(F)cc1)CN2C(=O)C1CCCC1. The molecular weight excluding hydrogens is 303 g/mol. The van der Waals surface area contributed by atoms with Crippen LogP contribution in [0.2, 0.25) is 0 Å². The van der Waals surface area contributed by atoms with Gasteiger partial charge < -0.3 is 9.80 Å². The zero-order chi connectivity index (χ0) is 16.7. The van der Waals surface area contributed by atoms with E-state index < -0.39 is 0 Å². The summed E-state index contributed by atoms with van der Waals surface area (Å²) in [7, 11) is 2.18. The van der Waals surface area contributed by atoms with Gasteiger partial charge in [-0.1, -0.05) is 25.0 Å². The minimum Gasteiger partial charge on any atom is -0.337 e. The molecule has 4 rings (SSSR count). The van der Waals surface area contributed by atoms with E-state index in [4.69, 9.17) is 0 Å². The summed E-state index contributed by atoms with van der Waals surface area (Å²) in [5.74, 6) is 0.725. The smallest absolute Gasteiger partial charge is 0.226 e. The van der Waals surface area contributed by atoms with Crippen LogP contribution in [-0.4, -0.2) is 47.9 Å². The van der Waals surface area contributed by atoms with Gasteiger partial charge in [0.15, 0.2) is 0 Å². The van der Waals surface area contributed by atoms with Crippen molar-refractivity contribution in [3.8, 4) is 0 Å². The Bertz CT molecular complexity index is 596. The maximum Gasteiger partial charge on any atom is 0.226 e. The molecule has 24 heavy (non-hydrogen) atoms. The maximum atomic E-state index is 13.3. The molecule has 0 radical (unpaired) electrons. The number of nitrogens with zero attached hydrogens (tertiary/aromatic N) is 2. The minimum absolute atomic E-state index is 0.191. The fourth-order valence-electron chi connectivity index (χ4n) is 5.21. The van der Waals surface area contributed by atoms with Crippen molar-refractivity contribution < 1.29 is 9.18 Å². The van der Waals surface area contributed by atoms with Gasteiger partial charge in [-0.3, -0.25) is 4.79 Å². The van der Waals surface area contributed by atoms with E-state index in [9.17, 15) is 9.18 Å². The zero-order valence-corrected chi connectivity index (χ0v) is 14.5. The van der Waals surface area contributed by atoms with Crippen LogP contribution in [0.25, 0.3) is 0 Å². The second kappa shape index (κ2) is 6.47. The molecule has 0 N–H and O–H groups in total. The van der Waals surface area contributed by atoms with E-state index in [1.54, 1.807) is 12.1 Å². The summed E-state index contributed by atoms with van der Waals surface area (Å²) < 4.78 is 13.3. The van der Waals surface area contributed by atoms with Crippen LogP contribution in [0.3, 0.4) is 0 Å². The van der Waals surface area contributed by atoms with Crippen molar-refractivity contribution in [3.63, 3.8) is 0 Å². The lowest BCUT2D eigenvalue weighted by Gasteiger charge is -2.39. The van der Waals surface area contributed by atoms with Crippen molar-refractivity contribution in [3.05, 3.63) is 35.6 Å². The van der Waals surface area contributed by atoms with Gasteiger partial charge in [0.1, 0.15) is 5.82 Å². The van der Waals surface area contributed by atoms with Crippen LogP contribution in [-0.2, 0) is 4.79 Å². The Morgan fingerprint density at radius 2 is 1.79 bits per heavy atom. The van der Waals surface area contributed by atoms with Crippen LogP contribution in [0, 0.1) is 11.7 Å². The molecule has 0 spiro atoms. The van der Waals surface area contributed by atoms with E-state index in [1.165, 1.54) is 18.4 Å². The molecule has 1 aliphatic carbocycles. The fourth-order valence-corrected chi connectivity index (χ4v) is 5.21. The molecule has 2 aliphatic heterocycles. The molecule has 1 aromatic carbocycles. The molecule has 0 unspecified atom stereocenters. The van der Waals surface area contributed by atoms with Gasteiger partial charge >= 0.3 is 0 Å². The summed E-state index contributed by atoms with van der Waals surface area (Å²) in [5.41, 5.74) is 1.17. The van der Waals surface area contributed by atoms with Gasteiger partial charge in [0.05, 0.1) is 0 Å². The first-order valence-electron chi connectivity index (χ1n) is 9.41. The Kier molecular flexibility index (Phi) is 4.33. The number of hydrogen-bond acceptors (Lipinski definition) is 2. The highest BCUT2D eigenvalue weighted by Gasteiger charge is 2.48. The number of amides is 1.